The van der Waals surface area contributed by atoms with Crippen molar-refractivity contribution in [2.45, 2.75) is 44.4 Å². The van der Waals surface area contributed by atoms with Gasteiger partial charge in [-0.15, -0.1) is 0 Å². The van der Waals surface area contributed by atoms with Crippen molar-refractivity contribution in [1.29, 1.82) is 0 Å². The highest BCUT2D eigenvalue weighted by Gasteiger charge is 2.35. The molecule has 0 saturated carbocycles. The van der Waals surface area contributed by atoms with Crippen LogP contribution in [-0.2, 0) is 11.2 Å². The lowest BCUT2D eigenvalue weighted by atomic mass is 9.98. The summed E-state index contributed by atoms with van der Waals surface area (Å²) in [4.78, 5) is 2.43. The van der Waals surface area contributed by atoms with Crippen molar-refractivity contribution in [2.75, 3.05) is 19.7 Å². The van der Waals surface area contributed by atoms with Crippen molar-refractivity contribution in [2.24, 2.45) is 0 Å². The summed E-state index contributed by atoms with van der Waals surface area (Å²) in [6, 6.07) is 5.27. The molecule has 0 radical (unpaired) electrons. The normalized spacial score (nSPS) is 28.4. The highest BCUT2D eigenvalue weighted by molar-refractivity contribution is 5.27. The third-order valence-corrected chi connectivity index (χ3v) is 4.58. The van der Waals surface area contributed by atoms with Gasteiger partial charge in [-0.25, -0.2) is 4.39 Å². The van der Waals surface area contributed by atoms with Gasteiger partial charge in [0.2, 0.25) is 0 Å². The molecule has 2 saturated heterocycles. The summed E-state index contributed by atoms with van der Waals surface area (Å²) in [5.74, 6) is -0.227. The van der Waals surface area contributed by atoms with Crippen LogP contribution >= 0.6 is 0 Å². The molecule has 2 fully saturated rings. The molecule has 110 valence electrons. The zero-order valence-corrected chi connectivity index (χ0v) is 11.9. The van der Waals surface area contributed by atoms with E-state index in [1.165, 1.54) is 25.0 Å². The first-order chi connectivity index (χ1) is 9.63. The van der Waals surface area contributed by atoms with E-state index in [1.807, 2.05) is 6.92 Å². The smallest absolute Gasteiger partial charge is 0.123 e. The van der Waals surface area contributed by atoms with Gasteiger partial charge in [0.15, 0.2) is 0 Å². The highest BCUT2D eigenvalue weighted by atomic mass is 19.1. The number of morpholine rings is 1. The lowest BCUT2D eigenvalue weighted by molar-refractivity contribution is -0.101. The summed E-state index contributed by atoms with van der Waals surface area (Å²) in [7, 11) is 0. The number of fused-ring (bicyclic) bond motifs is 1. The first-order valence-electron chi connectivity index (χ1n) is 7.42. The number of aryl methyl sites for hydroxylation is 1. The third kappa shape index (κ3) is 2.87. The summed E-state index contributed by atoms with van der Waals surface area (Å²) in [5, 5.41) is 10.4. The van der Waals surface area contributed by atoms with Crippen molar-refractivity contribution in [3.05, 3.63) is 35.1 Å². The average Bonchev–Trinajstić information content (AvgIpc) is 2.89. The molecule has 0 aliphatic carbocycles. The zero-order chi connectivity index (χ0) is 14.1. The van der Waals surface area contributed by atoms with E-state index in [9.17, 15) is 9.50 Å². The summed E-state index contributed by atoms with van der Waals surface area (Å²) < 4.78 is 18.9. The molecule has 1 aromatic carbocycles. The lowest BCUT2D eigenvalue weighted by Crippen LogP contribution is -2.50. The molecule has 3 unspecified atom stereocenters. The molecule has 0 aromatic heterocycles. The van der Waals surface area contributed by atoms with Crippen LogP contribution in [0.15, 0.2) is 18.2 Å². The van der Waals surface area contributed by atoms with Crippen molar-refractivity contribution >= 4 is 0 Å². The molecule has 3 nitrogen and oxygen atoms in total. The van der Waals surface area contributed by atoms with Crippen molar-refractivity contribution < 1.29 is 14.2 Å². The fourth-order valence-corrected chi connectivity index (χ4v) is 3.32. The lowest BCUT2D eigenvalue weighted by Gasteiger charge is -2.37. The fourth-order valence-electron chi connectivity index (χ4n) is 3.32. The average molecular weight is 279 g/mol. The van der Waals surface area contributed by atoms with Crippen LogP contribution in [-0.4, -0.2) is 48.0 Å². The first kappa shape index (κ1) is 14.0. The topological polar surface area (TPSA) is 32.7 Å². The van der Waals surface area contributed by atoms with Gasteiger partial charge in [-0.3, -0.25) is 4.90 Å². The summed E-state index contributed by atoms with van der Waals surface area (Å²) >= 11 is 0. The highest BCUT2D eigenvalue weighted by Crippen LogP contribution is 2.25. The van der Waals surface area contributed by atoms with Gasteiger partial charge >= 0.3 is 0 Å². The van der Waals surface area contributed by atoms with Gasteiger partial charge in [0.05, 0.1) is 18.8 Å². The molecule has 20 heavy (non-hydrogen) atoms. The van der Waals surface area contributed by atoms with Crippen molar-refractivity contribution in [3.63, 3.8) is 0 Å². The van der Waals surface area contributed by atoms with E-state index >= 15 is 0 Å². The van der Waals surface area contributed by atoms with Gasteiger partial charge in [0.25, 0.3) is 0 Å². The predicted molar refractivity (Wildman–Crippen MR) is 75.2 cm³/mol. The Morgan fingerprint density at radius 3 is 3.15 bits per heavy atom. The van der Waals surface area contributed by atoms with Crippen LogP contribution in [0.5, 0.6) is 0 Å². The quantitative estimate of drug-likeness (QED) is 0.917. The summed E-state index contributed by atoms with van der Waals surface area (Å²) in [6.07, 6.45) is 2.30. The van der Waals surface area contributed by atoms with E-state index in [0.717, 1.165) is 30.8 Å². The summed E-state index contributed by atoms with van der Waals surface area (Å²) in [6.45, 7) is 4.53. The van der Waals surface area contributed by atoms with Crippen LogP contribution in [0.3, 0.4) is 0 Å². The Balaban J connectivity index is 1.62. The van der Waals surface area contributed by atoms with Crippen molar-refractivity contribution in [3.8, 4) is 0 Å². The molecule has 2 heterocycles. The molecule has 0 spiro atoms. The number of aliphatic hydroxyl groups excluding tert-OH is 1. The van der Waals surface area contributed by atoms with E-state index in [2.05, 4.69) is 4.90 Å². The standard InChI is InChI=1S/C16H22FNO2/c1-11-7-13(17)5-4-12(11)8-15(19)16-9-18-6-2-3-14(18)10-20-16/h4-5,7,14-16,19H,2-3,6,8-10H2,1H3. The number of ether oxygens (including phenoxy) is 1. The van der Waals surface area contributed by atoms with Crippen LogP contribution in [0, 0.1) is 12.7 Å². The van der Waals surface area contributed by atoms with E-state index in [4.69, 9.17) is 4.74 Å². The molecule has 0 amide bonds. The monoisotopic (exact) mass is 279 g/mol. The van der Waals surface area contributed by atoms with Gasteiger partial charge in [-0.1, -0.05) is 6.07 Å². The van der Waals surface area contributed by atoms with Gasteiger partial charge in [-0.2, -0.15) is 0 Å². The molecule has 1 aromatic rings. The van der Waals surface area contributed by atoms with Crippen molar-refractivity contribution in [1.82, 2.24) is 4.90 Å². The van der Waals surface area contributed by atoms with Gasteiger partial charge in [0.1, 0.15) is 5.82 Å². The molecule has 2 aliphatic heterocycles. The Kier molecular flexibility index (Phi) is 4.06. The van der Waals surface area contributed by atoms with E-state index in [-0.39, 0.29) is 11.9 Å². The first-order valence-corrected chi connectivity index (χ1v) is 7.42. The second-order valence-electron chi connectivity index (χ2n) is 6.01. The number of halogens is 1. The molecule has 2 aliphatic rings. The van der Waals surface area contributed by atoms with Gasteiger partial charge < -0.3 is 9.84 Å². The number of benzene rings is 1. The minimum absolute atomic E-state index is 0.131. The largest absolute Gasteiger partial charge is 0.390 e. The van der Waals surface area contributed by atoms with E-state index < -0.39 is 6.10 Å². The van der Waals surface area contributed by atoms with Gasteiger partial charge in [-0.05, 0) is 49.6 Å². The molecule has 4 heteroatoms. The maximum Gasteiger partial charge on any atom is 0.123 e. The maximum absolute atomic E-state index is 13.1. The molecule has 3 atom stereocenters. The number of nitrogens with zero attached hydrogens (tertiary/aromatic N) is 1. The second-order valence-corrected chi connectivity index (χ2v) is 6.01. The number of hydrogen-bond donors (Lipinski definition) is 1. The van der Waals surface area contributed by atoms with Gasteiger partial charge in [0, 0.05) is 19.0 Å². The second kappa shape index (κ2) is 5.80. The molecule has 3 rings (SSSR count). The number of aliphatic hydroxyl groups is 1. The Bertz CT molecular complexity index is 480. The Hall–Kier alpha value is -0.970. The Morgan fingerprint density at radius 1 is 1.50 bits per heavy atom. The zero-order valence-electron chi connectivity index (χ0n) is 11.9. The maximum atomic E-state index is 13.1. The number of rotatable bonds is 3. The SMILES string of the molecule is Cc1cc(F)ccc1CC(O)C1CN2CCCC2CO1. The molecular formula is C16H22FNO2. The summed E-state index contributed by atoms with van der Waals surface area (Å²) in [5.41, 5.74) is 1.88. The van der Waals surface area contributed by atoms with Crippen LogP contribution in [0.1, 0.15) is 24.0 Å². The number of hydrogen-bond acceptors (Lipinski definition) is 3. The fraction of sp³-hybridized carbons (Fsp3) is 0.625. The molecular weight excluding hydrogens is 257 g/mol. The minimum atomic E-state index is -0.527. The molecule has 1 N–H and O–H groups in total. The van der Waals surface area contributed by atoms with Crippen LogP contribution in [0.25, 0.3) is 0 Å². The third-order valence-electron chi connectivity index (χ3n) is 4.58. The Morgan fingerprint density at radius 2 is 2.35 bits per heavy atom. The molecule has 0 bridgehead atoms. The van der Waals surface area contributed by atoms with Crippen LogP contribution < -0.4 is 0 Å². The van der Waals surface area contributed by atoms with E-state index in [0.29, 0.717) is 12.5 Å². The Labute approximate surface area is 119 Å². The van der Waals surface area contributed by atoms with Crippen LogP contribution in [0.2, 0.25) is 0 Å². The van der Waals surface area contributed by atoms with Crippen LogP contribution in [0.4, 0.5) is 4.39 Å². The predicted octanol–water partition coefficient (Wildman–Crippen LogP) is 1.90. The minimum Gasteiger partial charge on any atom is -0.390 e. The van der Waals surface area contributed by atoms with E-state index in [1.54, 1.807) is 6.07 Å².